The third-order valence-corrected chi connectivity index (χ3v) is 13.6. The van der Waals surface area contributed by atoms with E-state index in [1.54, 1.807) is 0 Å². The average Bonchev–Trinajstić information content (AvgIpc) is 3.73. The monoisotopic (exact) mass is 607 g/mol. The highest BCUT2D eigenvalue weighted by atomic mass is 28.3. The minimum atomic E-state index is -2.05. The average molecular weight is 608 g/mol. The van der Waals surface area contributed by atoms with E-state index >= 15 is 0 Å². The van der Waals surface area contributed by atoms with Crippen LogP contribution in [0.2, 0.25) is 13.1 Å². The summed E-state index contributed by atoms with van der Waals surface area (Å²) in [5.74, 6) is 0. The molecule has 1 aliphatic heterocycles. The molecular formula is C42H29NO2Si. The molecule has 0 amide bonds. The third kappa shape index (κ3) is 3.42. The lowest BCUT2D eigenvalue weighted by atomic mass is 9.98. The molecule has 46 heavy (non-hydrogen) atoms. The topological polar surface area (TPSA) is 29.5 Å². The van der Waals surface area contributed by atoms with Crippen molar-refractivity contribution in [2.75, 3.05) is 4.90 Å². The van der Waals surface area contributed by atoms with Crippen LogP contribution in [-0.4, -0.2) is 8.07 Å². The predicted octanol–water partition coefficient (Wildman–Crippen LogP) is 10.9. The van der Waals surface area contributed by atoms with E-state index in [9.17, 15) is 0 Å². The lowest BCUT2D eigenvalue weighted by Gasteiger charge is -2.28. The van der Waals surface area contributed by atoms with Gasteiger partial charge in [0, 0.05) is 38.3 Å². The molecule has 0 spiro atoms. The van der Waals surface area contributed by atoms with Crippen molar-refractivity contribution in [1.82, 2.24) is 0 Å². The summed E-state index contributed by atoms with van der Waals surface area (Å²) in [5.41, 5.74) is 9.77. The van der Waals surface area contributed by atoms with E-state index < -0.39 is 8.07 Å². The molecule has 0 aliphatic carbocycles. The fraction of sp³-hybridized carbons (Fsp3) is 0.0476. The minimum absolute atomic E-state index is 0.909. The van der Waals surface area contributed by atoms with E-state index in [1.165, 1.54) is 32.3 Å². The highest BCUT2D eigenvalue weighted by molar-refractivity contribution is 7.04. The second-order valence-electron chi connectivity index (χ2n) is 12.9. The summed E-state index contributed by atoms with van der Waals surface area (Å²) in [6.07, 6.45) is 0. The number of hydrogen-bond donors (Lipinski definition) is 0. The lowest BCUT2D eigenvalue weighted by molar-refractivity contribution is 0.669. The normalized spacial score (nSPS) is 13.6. The molecule has 0 bridgehead atoms. The lowest BCUT2D eigenvalue weighted by Crippen LogP contribution is -2.49. The second kappa shape index (κ2) is 9.22. The first-order valence-corrected chi connectivity index (χ1v) is 18.9. The summed E-state index contributed by atoms with van der Waals surface area (Å²) in [6.45, 7) is 4.97. The van der Waals surface area contributed by atoms with Crippen LogP contribution in [-0.2, 0) is 0 Å². The van der Waals surface area contributed by atoms with E-state index in [2.05, 4.69) is 151 Å². The second-order valence-corrected chi connectivity index (χ2v) is 17.2. The van der Waals surface area contributed by atoms with Crippen molar-refractivity contribution in [3.63, 3.8) is 0 Å². The zero-order valence-corrected chi connectivity index (χ0v) is 26.5. The molecule has 0 saturated heterocycles. The summed E-state index contributed by atoms with van der Waals surface area (Å²) < 4.78 is 13.0. The zero-order valence-electron chi connectivity index (χ0n) is 25.5. The Bertz CT molecular complexity index is 2680. The van der Waals surface area contributed by atoms with Crippen molar-refractivity contribution in [3.05, 3.63) is 140 Å². The van der Waals surface area contributed by atoms with Gasteiger partial charge in [-0.15, -0.1) is 0 Å². The van der Waals surface area contributed by atoms with Gasteiger partial charge in [-0.1, -0.05) is 98.0 Å². The number of rotatable bonds is 3. The van der Waals surface area contributed by atoms with Crippen LogP contribution in [0, 0.1) is 0 Å². The van der Waals surface area contributed by atoms with Crippen LogP contribution in [0.4, 0.5) is 17.1 Å². The zero-order chi connectivity index (χ0) is 30.6. The van der Waals surface area contributed by atoms with Gasteiger partial charge in [-0.25, -0.2) is 0 Å². The quantitative estimate of drug-likeness (QED) is 0.187. The molecule has 3 nitrogen and oxygen atoms in total. The molecule has 2 aromatic heterocycles. The molecule has 7 aromatic carbocycles. The van der Waals surface area contributed by atoms with Gasteiger partial charge in [-0.3, -0.25) is 0 Å². The molecule has 10 rings (SSSR count). The first-order chi connectivity index (χ1) is 22.6. The van der Waals surface area contributed by atoms with Gasteiger partial charge in [-0.05, 0) is 81.5 Å². The first kappa shape index (κ1) is 25.7. The fourth-order valence-electron chi connectivity index (χ4n) is 7.89. The molecule has 1 aliphatic rings. The van der Waals surface area contributed by atoms with Crippen LogP contribution < -0.4 is 15.3 Å². The smallest absolute Gasteiger partial charge is 0.145 e. The summed E-state index contributed by atoms with van der Waals surface area (Å²) in [4.78, 5) is 2.41. The highest BCUT2D eigenvalue weighted by Gasteiger charge is 2.39. The van der Waals surface area contributed by atoms with Gasteiger partial charge in [0.05, 0.1) is 5.69 Å². The van der Waals surface area contributed by atoms with Crippen LogP contribution in [0.1, 0.15) is 0 Å². The maximum Gasteiger partial charge on any atom is 0.145 e. The number of anilines is 3. The van der Waals surface area contributed by atoms with E-state index in [4.69, 9.17) is 8.83 Å². The summed E-state index contributed by atoms with van der Waals surface area (Å²) in [7, 11) is -2.05. The van der Waals surface area contributed by atoms with Crippen LogP contribution in [0.25, 0.3) is 65.8 Å². The molecule has 0 radical (unpaired) electrons. The van der Waals surface area contributed by atoms with Crippen LogP contribution in [0.5, 0.6) is 0 Å². The molecule has 0 atom stereocenters. The Morgan fingerprint density at radius 1 is 0.500 bits per heavy atom. The molecule has 0 saturated carbocycles. The molecule has 0 fully saturated rings. The Labute approximate surface area is 266 Å². The van der Waals surface area contributed by atoms with E-state index in [0.717, 1.165) is 60.9 Å². The fourth-order valence-corrected chi connectivity index (χ4v) is 11.0. The Hall–Kier alpha value is -5.58. The van der Waals surface area contributed by atoms with Crippen LogP contribution in [0.3, 0.4) is 0 Å². The van der Waals surface area contributed by atoms with Gasteiger partial charge in [0.2, 0.25) is 0 Å². The summed E-state index contributed by atoms with van der Waals surface area (Å²) >= 11 is 0. The van der Waals surface area contributed by atoms with Crippen molar-refractivity contribution in [2.24, 2.45) is 0 Å². The van der Waals surface area contributed by atoms with Gasteiger partial charge >= 0.3 is 0 Å². The summed E-state index contributed by atoms with van der Waals surface area (Å²) in [6, 6.07) is 50.1. The van der Waals surface area contributed by atoms with Crippen molar-refractivity contribution in [2.45, 2.75) is 13.1 Å². The Kier molecular flexibility index (Phi) is 5.16. The van der Waals surface area contributed by atoms with Gasteiger partial charge < -0.3 is 13.7 Å². The third-order valence-electron chi connectivity index (χ3n) is 10.0. The molecule has 4 heteroatoms. The maximum atomic E-state index is 6.62. The Morgan fingerprint density at radius 3 is 2.11 bits per heavy atom. The Morgan fingerprint density at radius 2 is 1.26 bits per heavy atom. The number of benzene rings is 7. The standard InChI is InChI=1S/C42H29NO2Si/c1-46(2)37-24-23-36-40(31-15-7-9-18-35(31)44-36)41(37)32-22-20-28(25-38(32)46)43(27-12-4-3-5-13-27)33-16-10-11-26-19-21-30-29-14-6-8-17-34(29)45-42(30)39(26)33/h3-25H,1-2H3. The van der Waals surface area contributed by atoms with Crippen LogP contribution in [0.15, 0.2) is 148 Å². The molecule has 0 N–H and O–H groups in total. The van der Waals surface area contributed by atoms with Gasteiger partial charge in [-0.2, -0.15) is 0 Å². The number of nitrogens with zero attached hydrogens (tertiary/aromatic N) is 1. The van der Waals surface area contributed by atoms with Gasteiger partial charge in [0.1, 0.15) is 30.4 Å². The predicted molar refractivity (Wildman–Crippen MR) is 195 cm³/mol. The maximum absolute atomic E-state index is 6.62. The minimum Gasteiger partial charge on any atom is -0.456 e. The van der Waals surface area contributed by atoms with E-state index in [1.807, 2.05) is 6.07 Å². The van der Waals surface area contributed by atoms with Crippen molar-refractivity contribution in [3.8, 4) is 11.1 Å². The number of para-hydroxylation sites is 3. The van der Waals surface area contributed by atoms with Gasteiger partial charge in [0.15, 0.2) is 0 Å². The SMILES string of the molecule is C[Si]1(C)c2cc(N(c3ccccc3)c3cccc4ccc5c6ccccc6oc5c34)ccc2-c2c1ccc1oc3ccccc3c21. The molecule has 218 valence electrons. The van der Waals surface area contributed by atoms with Crippen LogP contribution >= 0.6 is 0 Å². The largest absolute Gasteiger partial charge is 0.456 e. The molecule has 0 unspecified atom stereocenters. The van der Waals surface area contributed by atoms with Crippen molar-refractivity contribution >= 4 is 90.2 Å². The molecular weight excluding hydrogens is 579 g/mol. The Balaban J connectivity index is 1.25. The number of furan rings is 2. The highest BCUT2D eigenvalue weighted by Crippen LogP contribution is 2.45. The summed E-state index contributed by atoms with van der Waals surface area (Å²) in [5, 5.41) is 9.90. The van der Waals surface area contributed by atoms with Gasteiger partial charge in [0.25, 0.3) is 0 Å². The number of hydrogen-bond acceptors (Lipinski definition) is 3. The van der Waals surface area contributed by atoms with Crippen molar-refractivity contribution in [1.29, 1.82) is 0 Å². The van der Waals surface area contributed by atoms with E-state index in [0.29, 0.717) is 0 Å². The van der Waals surface area contributed by atoms with Crippen molar-refractivity contribution < 1.29 is 8.83 Å². The first-order valence-electron chi connectivity index (χ1n) is 15.9. The van der Waals surface area contributed by atoms with E-state index in [-0.39, 0.29) is 0 Å². The number of fused-ring (bicyclic) bond motifs is 12. The molecule has 3 heterocycles. The molecule has 9 aromatic rings.